The van der Waals surface area contributed by atoms with Crippen LogP contribution in [0.15, 0.2) is 34.0 Å². The second-order valence-electron chi connectivity index (χ2n) is 3.55. The fourth-order valence-corrected chi connectivity index (χ4v) is 0.986. The van der Waals surface area contributed by atoms with Crippen LogP contribution in [0.4, 0.5) is 0 Å². The Balaban J connectivity index is -0.000000279. The summed E-state index contributed by atoms with van der Waals surface area (Å²) in [6, 6.07) is 1.29. The van der Waals surface area contributed by atoms with Crippen LogP contribution < -0.4 is 16.6 Å². The second kappa shape index (κ2) is 20.5. The zero-order valence-electron chi connectivity index (χ0n) is 13.0. The van der Waals surface area contributed by atoms with Crippen LogP contribution in [-0.4, -0.2) is 21.3 Å². The molecule has 1 aromatic heterocycles. The molecule has 0 atom stereocenters. The van der Waals surface area contributed by atoms with Crippen LogP contribution >= 0.6 is 108 Å². The van der Waals surface area contributed by atoms with E-state index in [0.29, 0.717) is 15.9 Å². The first kappa shape index (κ1) is 31.5. The maximum atomic E-state index is 10.5. The molecule has 2 heterocycles. The predicted molar refractivity (Wildman–Crippen MR) is 140 cm³/mol. The number of H-pyrrole nitrogens is 1. The van der Waals surface area contributed by atoms with Gasteiger partial charge in [-0.3, -0.25) is 24.7 Å². The summed E-state index contributed by atoms with van der Waals surface area (Å²) >= 11 is 11.7. The number of imide groups is 1. The van der Waals surface area contributed by atoms with Gasteiger partial charge in [-0.25, -0.2) is 4.79 Å². The number of aromatic amines is 1. The summed E-state index contributed by atoms with van der Waals surface area (Å²) in [6.45, 7) is 0. The SMILES string of the molecule is Cn1ccc(=O)[nH]c1=O.IC(I)I.O=C1C=CCC(=O)N1.[CH3-].[I][V][I]. The molecule has 0 unspecified atom stereocenters. The summed E-state index contributed by atoms with van der Waals surface area (Å²) in [5.41, 5.74) is -0.749. The van der Waals surface area contributed by atoms with E-state index in [4.69, 9.17) is 0 Å². The third-order valence-corrected chi connectivity index (χ3v) is 1.84. The molecule has 0 saturated carbocycles. The Hall–Kier alpha value is 1.79. The molecule has 2 rings (SSSR count). The molecule has 25 heavy (non-hydrogen) atoms. The van der Waals surface area contributed by atoms with Gasteiger partial charge in [-0.15, -0.1) is 0 Å². The molecule has 0 bridgehead atoms. The van der Waals surface area contributed by atoms with Crippen LogP contribution in [0.5, 0.6) is 0 Å². The third-order valence-electron chi connectivity index (χ3n) is 1.84. The van der Waals surface area contributed by atoms with E-state index in [1.807, 2.05) is 0 Å². The summed E-state index contributed by atoms with van der Waals surface area (Å²) in [7, 11) is 2.20. The van der Waals surface area contributed by atoms with Gasteiger partial charge in [0.2, 0.25) is 11.8 Å². The van der Waals surface area contributed by atoms with Gasteiger partial charge in [-0.2, -0.15) is 0 Å². The molecule has 0 aliphatic carbocycles. The summed E-state index contributed by atoms with van der Waals surface area (Å²) < 4.78 is 2.04. The maximum absolute atomic E-state index is 10.5. The zero-order chi connectivity index (χ0) is 19.1. The molecule has 1 aliphatic heterocycles. The fraction of sp³-hybridized carbons (Fsp3) is 0.250. The zero-order valence-corrected chi connectivity index (χ0v) is 25.2. The number of rotatable bonds is 0. The summed E-state index contributed by atoms with van der Waals surface area (Å²) in [5, 5.41) is 2.11. The van der Waals surface area contributed by atoms with Gasteiger partial charge < -0.3 is 12.0 Å². The van der Waals surface area contributed by atoms with Gasteiger partial charge in [-0.1, -0.05) is 73.8 Å². The van der Waals surface area contributed by atoms with Gasteiger partial charge in [0.1, 0.15) is -0.0619 Å². The topological polar surface area (TPSA) is 101 Å². The van der Waals surface area contributed by atoms with Crippen LogP contribution in [0.25, 0.3) is 0 Å². The van der Waals surface area contributed by atoms with E-state index >= 15 is 0 Å². The van der Waals surface area contributed by atoms with Crippen LogP contribution in [-0.2, 0) is 26.1 Å². The van der Waals surface area contributed by atoms with E-state index in [2.05, 4.69) is 118 Å². The van der Waals surface area contributed by atoms with Gasteiger partial charge in [0.05, 0.1) is 0 Å². The Morgan fingerprint density at radius 3 is 1.92 bits per heavy atom. The first-order valence-electron chi connectivity index (χ1n) is 5.74. The fourth-order valence-electron chi connectivity index (χ4n) is 0.986. The van der Waals surface area contributed by atoms with Crippen molar-refractivity contribution in [3.8, 4) is 0 Å². The van der Waals surface area contributed by atoms with Gasteiger partial charge in [0, 0.05) is 25.7 Å². The van der Waals surface area contributed by atoms with E-state index in [0.717, 1.165) is -0.0619 Å². The Morgan fingerprint density at radius 2 is 1.64 bits per heavy atom. The summed E-state index contributed by atoms with van der Waals surface area (Å²) in [4.78, 5) is 43.6. The quantitative estimate of drug-likeness (QED) is 0.180. The minimum absolute atomic E-state index is 0. The normalized spacial score (nSPS) is 11.3. The molecular weight excluding hydrogens is 936 g/mol. The van der Waals surface area contributed by atoms with Crippen molar-refractivity contribution in [2.45, 2.75) is 6.36 Å². The molecule has 2 amide bonds. The number of hydrogen-bond donors (Lipinski definition) is 2. The first-order valence-corrected chi connectivity index (χ1v) is 18.5. The van der Waals surface area contributed by atoms with Crippen molar-refractivity contribution in [3.63, 3.8) is 0 Å². The second-order valence-corrected chi connectivity index (χ2v) is 26.2. The van der Waals surface area contributed by atoms with E-state index < -0.39 is 0 Å². The molecule has 0 radical (unpaired) electrons. The molecule has 143 valence electrons. The number of aryl methyl sites for hydroxylation is 1. The van der Waals surface area contributed by atoms with E-state index in [9.17, 15) is 19.2 Å². The number of halogens is 5. The van der Waals surface area contributed by atoms with Gasteiger partial charge in [0.25, 0.3) is 5.56 Å². The van der Waals surface area contributed by atoms with Crippen LogP contribution in [0.1, 0.15) is 6.42 Å². The Bertz CT molecular complexity index is 645. The molecule has 0 aromatic carbocycles. The number of nitrogens with zero attached hydrogens (tertiary/aromatic N) is 1. The van der Waals surface area contributed by atoms with Crippen molar-refractivity contribution in [3.05, 3.63) is 52.7 Å². The van der Waals surface area contributed by atoms with Gasteiger partial charge >= 0.3 is 55.1 Å². The molecule has 1 aromatic rings. The molecule has 0 spiro atoms. The van der Waals surface area contributed by atoms with Crippen molar-refractivity contribution in [1.29, 1.82) is 0 Å². The molecule has 2 N–H and O–H groups in total. The van der Waals surface area contributed by atoms with E-state index in [1.54, 1.807) is 13.1 Å². The molecule has 0 saturated heterocycles. The van der Waals surface area contributed by atoms with E-state index in [-0.39, 0.29) is 30.5 Å². The average molecular weight is 951 g/mol. The number of carbonyl (C=O) groups is 2. The van der Waals surface area contributed by atoms with Gasteiger partial charge in [-0.05, 0) is 6.08 Å². The molecule has 1 aliphatic rings. The number of amides is 2. The van der Waals surface area contributed by atoms with Crippen LogP contribution in [0.3, 0.4) is 0 Å². The van der Waals surface area contributed by atoms with Crippen molar-refractivity contribution in [2.75, 3.05) is 0 Å². The number of alkyl halides is 3. The van der Waals surface area contributed by atoms with Crippen molar-refractivity contribution >= 4 is 120 Å². The number of hydrogen-bond acceptors (Lipinski definition) is 4. The Kier molecular flexibility index (Phi) is 25.9. The minimum atomic E-state index is -0.387. The summed E-state index contributed by atoms with van der Waals surface area (Å²) in [5.74, 6) is -0.543. The summed E-state index contributed by atoms with van der Waals surface area (Å²) in [6.07, 6.45) is 4.63. The van der Waals surface area contributed by atoms with Crippen molar-refractivity contribution in [2.24, 2.45) is 7.05 Å². The van der Waals surface area contributed by atoms with Crippen molar-refractivity contribution < 1.29 is 19.1 Å². The average Bonchev–Trinajstić information content (AvgIpc) is 2.44. The number of carbonyl (C=O) groups excluding carboxylic acids is 2. The first-order chi connectivity index (χ1) is 11.1. The molecule has 13 heteroatoms. The molecule has 7 nitrogen and oxygen atoms in total. The van der Waals surface area contributed by atoms with Crippen molar-refractivity contribution in [1.82, 2.24) is 14.9 Å². The van der Waals surface area contributed by atoms with Crippen LogP contribution in [0.2, 0.25) is 0 Å². The Morgan fingerprint density at radius 1 is 1.16 bits per heavy atom. The number of aromatic nitrogens is 2. The third kappa shape index (κ3) is 23.8. The molecular formula is C12H15I5N3O4V-. The molecule has 0 fully saturated rings. The monoisotopic (exact) mass is 951 g/mol. The Labute approximate surface area is 216 Å². The van der Waals surface area contributed by atoms with Crippen LogP contribution in [0, 0.1) is 7.43 Å². The van der Waals surface area contributed by atoms with Gasteiger partial charge in [0.15, 0.2) is 0 Å². The standard InChI is InChI=1S/C5H6N2O2.C5H5NO2.CHI3.CH3.2HI.V/c1-7-3-2-4(8)6-5(7)9;7-4-2-1-3-5(8)6-4;2-1(3)4;;;;/h2-3H,1H3,(H,6,8,9);1-2H,3H2,(H,6,7,8);1H;1H3;2*1H;/q;;;-1;;;+2/p-2. The number of nitrogens with one attached hydrogen (secondary N) is 2. The van der Waals surface area contributed by atoms with E-state index in [1.165, 1.54) is 22.9 Å². The predicted octanol–water partition coefficient (Wildman–Crippen LogP) is 3.46.